The Labute approximate surface area is 215 Å². The molecule has 1 aliphatic heterocycles. The van der Waals surface area contributed by atoms with E-state index in [0.29, 0.717) is 5.75 Å². The van der Waals surface area contributed by atoms with E-state index in [-0.39, 0.29) is 24.8 Å². The fourth-order valence-electron chi connectivity index (χ4n) is 3.66. The van der Waals surface area contributed by atoms with Crippen LogP contribution in [-0.4, -0.2) is 83.9 Å². The van der Waals surface area contributed by atoms with Gasteiger partial charge in [-0.2, -0.15) is 0 Å². The van der Waals surface area contributed by atoms with E-state index < -0.39 is 53.7 Å². The fraction of sp³-hybridized carbons (Fsp3) is 0.560. The van der Waals surface area contributed by atoms with Gasteiger partial charge in [0.25, 0.3) is 5.78 Å². The van der Waals surface area contributed by atoms with Crippen LogP contribution in [-0.2, 0) is 39.9 Å². The summed E-state index contributed by atoms with van der Waals surface area (Å²) >= 11 is 1.39. The van der Waals surface area contributed by atoms with Gasteiger partial charge < -0.3 is 25.0 Å². The predicted octanol–water partition coefficient (Wildman–Crippen LogP) is 0.923. The van der Waals surface area contributed by atoms with Crippen molar-refractivity contribution in [2.75, 3.05) is 25.3 Å². The lowest BCUT2D eigenvalue weighted by Gasteiger charge is -2.30. The zero-order chi connectivity index (χ0) is 26.8. The first-order valence-electron chi connectivity index (χ1n) is 11.8. The van der Waals surface area contributed by atoms with Gasteiger partial charge in [0.05, 0.1) is 12.0 Å². The lowest BCUT2D eigenvalue weighted by Crippen LogP contribution is -2.58. The maximum atomic E-state index is 13.3. The number of Topliss-reactive ketones (excluding diaryl/α,β-unsaturated/α-hetero) is 1. The molecule has 1 aromatic rings. The van der Waals surface area contributed by atoms with Gasteiger partial charge in [-0.15, -0.1) is 11.8 Å². The topological polar surface area (TPSA) is 131 Å². The number of carbonyl (C=O) groups excluding carboxylic acids is 5. The standard InChI is InChI=1S/C25H35N3O7S/c1-15(2)21(27-20(29)12-34-5)24(32)28-14-36-13-19(28)23(31)26-18(11-17-9-7-6-8-10-17)22(30)25(33)35-16(3)4/h6-10,15-16,18-19,21H,11-14H2,1-5H3,(H,26,31)(H,27,29)/t18-,19-,21-/m0/s1. The van der Waals surface area contributed by atoms with Crippen molar-refractivity contribution in [3.8, 4) is 0 Å². The molecule has 3 atom stereocenters. The number of nitrogens with zero attached hydrogens (tertiary/aromatic N) is 1. The third-order valence-electron chi connectivity index (χ3n) is 5.45. The summed E-state index contributed by atoms with van der Waals surface area (Å²) in [5.41, 5.74) is 0.753. The zero-order valence-corrected chi connectivity index (χ0v) is 22.1. The molecule has 1 aliphatic rings. The van der Waals surface area contributed by atoms with Gasteiger partial charge in [0.15, 0.2) is 0 Å². The highest BCUT2D eigenvalue weighted by Gasteiger charge is 2.40. The molecule has 1 fully saturated rings. The number of esters is 1. The van der Waals surface area contributed by atoms with E-state index in [1.54, 1.807) is 52.0 Å². The van der Waals surface area contributed by atoms with Crippen molar-refractivity contribution < 1.29 is 33.4 Å². The number of thioether (sulfide) groups is 1. The summed E-state index contributed by atoms with van der Waals surface area (Å²) in [6, 6.07) is 6.12. The molecule has 10 nitrogen and oxygen atoms in total. The van der Waals surface area contributed by atoms with Crippen molar-refractivity contribution in [3.63, 3.8) is 0 Å². The minimum absolute atomic E-state index is 0.0914. The number of rotatable bonds is 12. The molecule has 2 rings (SSSR count). The van der Waals surface area contributed by atoms with Crippen molar-refractivity contribution >= 4 is 41.2 Å². The zero-order valence-electron chi connectivity index (χ0n) is 21.3. The van der Waals surface area contributed by atoms with Gasteiger partial charge in [-0.25, -0.2) is 4.79 Å². The Bertz CT molecular complexity index is 939. The summed E-state index contributed by atoms with van der Waals surface area (Å²) in [5.74, 6) is -2.93. The Hall–Kier alpha value is -2.92. The minimum Gasteiger partial charge on any atom is -0.457 e. The lowest BCUT2D eigenvalue weighted by molar-refractivity contribution is -0.158. The number of hydrogen-bond acceptors (Lipinski definition) is 8. The average Bonchev–Trinajstić information content (AvgIpc) is 3.31. The van der Waals surface area contributed by atoms with Gasteiger partial charge >= 0.3 is 5.97 Å². The van der Waals surface area contributed by atoms with Crippen molar-refractivity contribution in [3.05, 3.63) is 35.9 Å². The van der Waals surface area contributed by atoms with Crippen LogP contribution in [0.4, 0.5) is 0 Å². The molecule has 0 bridgehead atoms. The van der Waals surface area contributed by atoms with Crippen LogP contribution in [0, 0.1) is 5.92 Å². The second kappa shape index (κ2) is 14.0. The van der Waals surface area contributed by atoms with Gasteiger partial charge in [0.1, 0.15) is 24.7 Å². The van der Waals surface area contributed by atoms with Crippen molar-refractivity contribution in [1.29, 1.82) is 0 Å². The number of hydrogen-bond donors (Lipinski definition) is 2. The molecule has 1 aromatic carbocycles. The molecule has 0 saturated carbocycles. The number of benzene rings is 1. The fourth-order valence-corrected chi connectivity index (χ4v) is 4.82. The van der Waals surface area contributed by atoms with Crippen LogP contribution in [0.5, 0.6) is 0 Å². The summed E-state index contributed by atoms with van der Waals surface area (Å²) < 4.78 is 9.89. The van der Waals surface area contributed by atoms with Gasteiger partial charge in [-0.3, -0.25) is 19.2 Å². The molecule has 0 aromatic heterocycles. The summed E-state index contributed by atoms with van der Waals surface area (Å²) in [6.07, 6.45) is -0.399. The first kappa shape index (κ1) is 29.3. The van der Waals surface area contributed by atoms with Gasteiger partial charge in [-0.1, -0.05) is 44.2 Å². The number of ether oxygens (including phenoxy) is 2. The molecule has 198 valence electrons. The van der Waals surface area contributed by atoms with Crippen LogP contribution in [0.15, 0.2) is 30.3 Å². The quantitative estimate of drug-likeness (QED) is 0.307. The van der Waals surface area contributed by atoms with Crippen LogP contribution in [0.3, 0.4) is 0 Å². The van der Waals surface area contributed by atoms with Crippen LogP contribution in [0.25, 0.3) is 0 Å². The van der Waals surface area contributed by atoms with E-state index in [1.807, 2.05) is 6.07 Å². The average molecular weight is 522 g/mol. The maximum Gasteiger partial charge on any atom is 0.377 e. The number of ketones is 1. The Kier molecular flexibility index (Phi) is 11.4. The summed E-state index contributed by atoms with van der Waals surface area (Å²) in [4.78, 5) is 65.3. The summed E-state index contributed by atoms with van der Waals surface area (Å²) in [6.45, 7) is 6.66. The van der Waals surface area contributed by atoms with Crippen molar-refractivity contribution in [2.24, 2.45) is 5.92 Å². The van der Waals surface area contributed by atoms with E-state index in [0.717, 1.165) is 5.56 Å². The van der Waals surface area contributed by atoms with E-state index in [4.69, 9.17) is 9.47 Å². The monoisotopic (exact) mass is 521 g/mol. The normalized spacial score (nSPS) is 17.0. The number of methoxy groups -OCH3 is 1. The predicted molar refractivity (Wildman–Crippen MR) is 135 cm³/mol. The molecular weight excluding hydrogens is 486 g/mol. The van der Waals surface area contributed by atoms with Crippen LogP contribution in [0.1, 0.15) is 33.3 Å². The molecule has 0 radical (unpaired) electrons. The van der Waals surface area contributed by atoms with E-state index in [9.17, 15) is 24.0 Å². The van der Waals surface area contributed by atoms with Gasteiger partial charge in [0, 0.05) is 19.3 Å². The van der Waals surface area contributed by atoms with Crippen LogP contribution in [0.2, 0.25) is 0 Å². The Balaban J connectivity index is 2.20. The van der Waals surface area contributed by atoms with Crippen LogP contribution >= 0.6 is 11.8 Å². The molecule has 3 amide bonds. The maximum absolute atomic E-state index is 13.3. The van der Waals surface area contributed by atoms with Crippen LogP contribution < -0.4 is 10.6 Å². The SMILES string of the molecule is COCC(=O)N[C@H](C(=O)N1CSC[C@H]1C(=O)N[C@@H](Cc1ccccc1)C(=O)C(=O)OC(C)C)C(C)C. The number of carbonyl (C=O) groups is 5. The number of amides is 3. The highest BCUT2D eigenvalue weighted by molar-refractivity contribution is 7.99. The van der Waals surface area contributed by atoms with Gasteiger partial charge in [0.2, 0.25) is 17.7 Å². The molecule has 11 heteroatoms. The smallest absolute Gasteiger partial charge is 0.377 e. The first-order valence-corrected chi connectivity index (χ1v) is 13.0. The summed E-state index contributed by atoms with van der Waals surface area (Å²) in [7, 11) is 1.38. The highest BCUT2D eigenvalue weighted by atomic mass is 32.2. The van der Waals surface area contributed by atoms with Gasteiger partial charge in [-0.05, 0) is 25.3 Å². The third-order valence-corrected chi connectivity index (χ3v) is 6.46. The minimum atomic E-state index is -1.16. The molecule has 0 spiro atoms. The second-order valence-corrected chi connectivity index (χ2v) is 10.1. The van der Waals surface area contributed by atoms with E-state index >= 15 is 0 Å². The molecule has 36 heavy (non-hydrogen) atoms. The largest absolute Gasteiger partial charge is 0.457 e. The highest BCUT2D eigenvalue weighted by Crippen LogP contribution is 2.23. The van der Waals surface area contributed by atoms with E-state index in [1.165, 1.54) is 23.8 Å². The molecule has 0 unspecified atom stereocenters. The molecular formula is C25H35N3O7S. The molecule has 1 heterocycles. The first-order chi connectivity index (χ1) is 17.0. The molecule has 2 N–H and O–H groups in total. The Morgan fingerprint density at radius 2 is 1.72 bits per heavy atom. The summed E-state index contributed by atoms with van der Waals surface area (Å²) in [5, 5.41) is 5.34. The van der Waals surface area contributed by atoms with Crippen molar-refractivity contribution in [1.82, 2.24) is 15.5 Å². The lowest BCUT2D eigenvalue weighted by atomic mass is 10.0. The Morgan fingerprint density at radius 1 is 1.06 bits per heavy atom. The third kappa shape index (κ3) is 8.34. The Morgan fingerprint density at radius 3 is 2.31 bits per heavy atom. The molecule has 1 saturated heterocycles. The van der Waals surface area contributed by atoms with Crippen molar-refractivity contribution in [2.45, 2.75) is 58.3 Å². The number of nitrogens with one attached hydrogen (secondary N) is 2. The van der Waals surface area contributed by atoms with E-state index in [2.05, 4.69) is 10.6 Å². The second-order valence-electron chi connectivity index (χ2n) is 9.12. The molecule has 0 aliphatic carbocycles.